The molecule has 2 amide bonds. The molecule has 1 saturated heterocycles. The summed E-state index contributed by atoms with van der Waals surface area (Å²) >= 11 is 0. The Hall–Kier alpha value is -2.44. The number of amides is 2. The topological polar surface area (TPSA) is 82.1 Å². The molecule has 130 valence electrons. The van der Waals surface area contributed by atoms with Crippen molar-refractivity contribution in [3.8, 4) is 5.75 Å². The predicted molar refractivity (Wildman–Crippen MR) is 90.3 cm³/mol. The summed E-state index contributed by atoms with van der Waals surface area (Å²) < 4.78 is 5.43. The Kier molecular flexibility index (Phi) is 4.03. The Balaban J connectivity index is 1.82. The number of nitrogens with one attached hydrogen (secondary N) is 1. The van der Waals surface area contributed by atoms with Gasteiger partial charge in [-0.15, -0.1) is 0 Å². The van der Waals surface area contributed by atoms with Gasteiger partial charge in [-0.3, -0.25) is 4.79 Å². The number of ether oxygens (including phenoxy) is 1. The highest BCUT2D eigenvalue weighted by atomic mass is 16.6. The molecule has 1 fully saturated rings. The number of carbonyl (C=O) groups is 2. The zero-order valence-electron chi connectivity index (χ0n) is 14.2. The third-order valence-corrected chi connectivity index (χ3v) is 4.12. The van der Waals surface area contributed by atoms with Crippen molar-refractivity contribution in [2.24, 2.45) is 0 Å². The molecule has 2 N–H and O–H groups in total. The maximum atomic E-state index is 12.3. The average molecular weight is 333 g/mol. The van der Waals surface area contributed by atoms with Crippen molar-refractivity contribution in [1.82, 2.24) is 4.90 Å². The lowest BCUT2D eigenvalue weighted by Gasteiger charge is -2.42. The van der Waals surface area contributed by atoms with Gasteiger partial charge in [-0.25, -0.2) is 4.79 Å². The number of phenols is 1. The fourth-order valence-electron chi connectivity index (χ4n) is 3.12. The van der Waals surface area contributed by atoms with Crippen LogP contribution in [0.3, 0.4) is 0 Å². The van der Waals surface area contributed by atoms with Crippen molar-refractivity contribution in [1.29, 1.82) is 0 Å². The number of fused-ring (bicyclic) bond motifs is 3. The Morgan fingerprint density at radius 3 is 2.79 bits per heavy atom. The van der Waals surface area contributed by atoms with Crippen molar-refractivity contribution in [2.75, 3.05) is 29.9 Å². The molecular formula is C17H23N3O4. The first-order valence-electron chi connectivity index (χ1n) is 8.10. The van der Waals surface area contributed by atoms with E-state index in [4.69, 9.17) is 4.74 Å². The quantitative estimate of drug-likeness (QED) is 0.711. The molecule has 0 bridgehead atoms. The number of hydrogen-bond donors (Lipinski definition) is 2. The molecule has 2 heterocycles. The summed E-state index contributed by atoms with van der Waals surface area (Å²) in [7, 11) is 0. The van der Waals surface area contributed by atoms with Gasteiger partial charge in [0, 0.05) is 32.1 Å². The van der Waals surface area contributed by atoms with Crippen molar-refractivity contribution in [2.45, 2.75) is 38.8 Å². The van der Waals surface area contributed by atoms with Gasteiger partial charge in [-0.1, -0.05) is 0 Å². The second-order valence-electron chi connectivity index (χ2n) is 7.23. The minimum absolute atomic E-state index is 0.0968. The zero-order chi connectivity index (χ0) is 17.5. The van der Waals surface area contributed by atoms with Crippen LogP contribution in [0.5, 0.6) is 5.75 Å². The molecule has 0 aliphatic carbocycles. The third kappa shape index (κ3) is 3.39. The third-order valence-electron chi connectivity index (χ3n) is 4.12. The highest BCUT2D eigenvalue weighted by Gasteiger charge is 2.36. The van der Waals surface area contributed by atoms with Crippen LogP contribution in [0.15, 0.2) is 18.2 Å². The molecule has 0 unspecified atom stereocenters. The Morgan fingerprint density at radius 2 is 2.08 bits per heavy atom. The first-order chi connectivity index (χ1) is 11.2. The number of benzene rings is 1. The van der Waals surface area contributed by atoms with E-state index < -0.39 is 5.60 Å². The highest BCUT2D eigenvalue weighted by molar-refractivity contribution is 5.97. The van der Waals surface area contributed by atoms with E-state index in [1.54, 1.807) is 23.1 Å². The number of nitrogens with zero attached hydrogens (tertiary/aromatic N) is 2. The molecule has 0 saturated carbocycles. The number of aromatic hydroxyl groups is 1. The van der Waals surface area contributed by atoms with Gasteiger partial charge < -0.3 is 25.0 Å². The number of phenolic OH excluding ortho intramolecular Hbond substituents is 1. The second kappa shape index (κ2) is 5.89. The average Bonchev–Trinajstić information content (AvgIpc) is 2.60. The van der Waals surface area contributed by atoms with E-state index in [1.165, 1.54) is 0 Å². The van der Waals surface area contributed by atoms with Crippen LogP contribution < -0.4 is 10.2 Å². The standard InChI is InChI=1S/C17H23N3O4/c1-17(2,3)24-16(23)19-6-7-20-11(10-19)8-15(22)18-13-5-4-12(21)9-14(13)20/h4-5,9,11,21H,6-8,10H2,1-3H3,(H,18,22)/t11-/m1/s1. The maximum absolute atomic E-state index is 12.3. The SMILES string of the molecule is CC(C)(C)OC(=O)N1CCN2c3cc(O)ccc3NC(=O)C[C@@H]2C1. The monoisotopic (exact) mass is 333 g/mol. The molecule has 7 nitrogen and oxygen atoms in total. The fraction of sp³-hybridized carbons (Fsp3) is 0.529. The van der Waals surface area contributed by atoms with Crippen LogP contribution in [0.4, 0.5) is 16.2 Å². The predicted octanol–water partition coefficient (Wildman–Crippen LogP) is 2.16. The van der Waals surface area contributed by atoms with Crippen LogP contribution in [0.25, 0.3) is 0 Å². The highest BCUT2D eigenvalue weighted by Crippen LogP contribution is 2.35. The van der Waals surface area contributed by atoms with E-state index in [1.807, 2.05) is 20.8 Å². The molecule has 1 aromatic rings. The molecule has 1 aromatic carbocycles. The summed E-state index contributed by atoms with van der Waals surface area (Å²) in [6.07, 6.45) is -0.0719. The number of anilines is 2. The molecule has 2 aliphatic heterocycles. The van der Waals surface area contributed by atoms with E-state index in [0.29, 0.717) is 25.3 Å². The van der Waals surface area contributed by atoms with Crippen LogP contribution in [0.1, 0.15) is 27.2 Å². The van der Waals surface area contributed by atoms with E-state index in [9.17, 15) is 14.7 Å². The minimum Gasteiger partial charge on any atom is -0.508 e. The normalized spacial score (nSPS) is 20.6. The smallest absolute Gasteiger partial charge is 0.410 e. The van der Waals surface area contributed by atoms with Crippen LogP contribution in [0.2, 0.25) is 0 Å². The molecule has 2 aliphatic rings. The van der Waals surface area contributed by atoms with E-state index in [0.717, 1.165) is 5.69 Å². The Morgan fingerprint density at radius 1 is 1.33 bits per heavy atom. The van der Waals surface area contributed by atoms with Gasteiger partial charge in [0.1, 0.15) is 11.4 Å². The van der Waals surface area contributed by atoms with Crippen molar-refractivity contribution in [3.05, 3.63) is 18.2 Å². The lowest BCUT2D eigenvalue weighted by Crippen LogP contribution is -2.55. The Labute approximate surface area is 141 Å². The molecule has 0 aromatic heterocycles. The largest absolute Gasteiger partial charge is 0.508 e. The summed E-state index contributed by atoms with van der Waals surface area (Å²) in [6, 6.07) is 4.76. The summed E-state index contributed by atoms with van der Waals surface area (Å²) in [5, 5.41) is 12.6. The molecule has 0 spiro atoms. The summed E-state index contributed by atoms with van der Waals surface area (Å²) in [5.74, 6) is 0.0544. The van der Waals surface area contributed by atoms with Gasteiger partial charge in [-0.05, 0) is 32.9 Å². The zero-order valence-corrected chi connectivity index (χ0v) is 14.2. The molecule has 3 rings (SSSR count). The van der Waals surface area contributed by atoms with Crippen LogP contribution >= 0.6 is 0 Å². The first-order valence-corrected chi connectivity index (χ1v) is 8.10. The lowest BCUT2D eigenvalue weighted by molar-refractivity contribution is -0.116. The van der Waals surface area contributed by atoms with Gasteiger partial charge in [-0.2, -0.15) is 0 Å². The first kappa shape index (κ1) is 16.4. The van der Waals surface area contributed by atoms with Crippen molar-refractivity contribution >= 4 is 23.4 Å². The van der Waals surface area contributed by atoms with Gasteiger partial charge in [0.15, 0.2) is 0 Å². The molecule has 1 atom stereocenters. The molecule has 24 heavy (non-hydrogen) atoms. The van der Waals surface area contributed by atoms with Gasteiger partial charge >= 0.3 is 6.09 Å². The van der Waals surface area contributed by atoms with E-state index in [2.05, 4.69) is 10.2 Å². The van der Waals surface area contributed by atoms with E-state index in [-0.39, 0.29) is 30.2 Å². The van der Waals surface area contributed by atoms with Crippen LogP contribution in [0, 0.1) is 0 Å². The van der Waals surface area contributed by atoms with Crippen molar-refractivity contribution in [3.63, 3.8) is 0 Å². The fourth-order valence-corrected chi connectivity index (χ4v) is 3.12. The summed E-state index contributed by atoms with van der Waals surface area (Å²) in [5.41, 5.74) is 0.925. The maximum Gasteiger partial charge on any atom is 0.410 e. The minimum atomic E-state index is -0.548. The van der Waals surface area contributed by atoms with Crippen molar-refractivity contribution < 1.29 is 19.4 Å². The van der Waals surface area contributed by atoms with Gasteiger partial charge in [0.25, 0.3) is 0 Å². The van der Waals surface area contributed by atoms with Crippen LogP contribution in [-0.4, -0.2) is 53.3 Å². The van der Waals surface area contributed by atoms with Gasteiger partial charge in [0.2, 0.25) is 5.91 Å². The van der Waals surface area contributed by atoms with Crippen LogP contribution in [-0.2, 0) is 9.53 Å². The summed E-state index contributed by atoms with van der Waals surface area (Å²) in [4.78, 5) is 28.2. The van der Waals surface area contributed by atoms with Gasteiger partial charge in [0.05, 0.1) is 17.4 Å². The summed E-state index contributed by atoms with van der Waals surface area (Å²) in [6.45, 7) is 7.00. The second-order valence-corrected chi connectivity index (χ2v) is 7.23. The number of hydrogen-bond acceptors (Lipinski definition) is 5. The molecule has 0 radical (unpaired) electrons. The number of rotatable bonds is 0. The number of carbonyl (C=O) groups excluding carboxylic acids is 2. The molecular weight excluding hydrogens is 310 g/mol. The Bertz CT molecular complexity index is 668. The lowest BCUT2D eigenvalue weighted by atomic mass is 10.1. The molecule has 7 heteroatoms. The van der Waals surface area contributed by atoms with E-state index >= 15 is 0 Å². The number of piperazine rings is 1.